The SMILES string of the molecule is COc1ccc(S(=O)(=O)NCCN[C@H]2CS(=O)(=O)C[C@H]2O)c(OC)c1. The highest BCUT2D eigenvalue weighted by molar-refractivity contribution is 7.91. The fourth-order valence-electron chi connectivity index (χ4n) is 2.54. The maximum absolute atomic E-state index is 12.4. The molecule has 25 heavy (non-hydrogen) atoms. The summed E-state index contributed by atoms with van der Waals surface area (Å²) in [5, 5.41) is 12.5. The van der Waals surface area contributed by atoms with Gasteiger partial charge >= 0.3 is 0 Å². The van der Waals surface area contributed by atoms with Crippen molar-refractivity contribution in [3.05, 3.63) is 18.2 Å². The first-order valence-electron chi connectivity index (χ1n) is 7.52. The Labute approximate surface area is 147 Å². The molecule has 2 atom stereocenters. The maximum atomic E-state index is 12.4. The quantitative estimate of drug-likeness (QED) is 0.465. The molecular formula is C14H22N2O7S2. The Morgan fingerprint density at radius 2 is 1.92 bits per heavy atom. The number of aliphatic hydroxyl groups excluding tert-OH is 1. The van der Waals surface area contributed by atoms with Gasteiger partial charge in [0.05, 0.1) is 31.8 Å². The van der Waals surface area contributed by atoms with Gasteiger partial charge in [0, 0.05) is 25.2 Å². The fourth-order valence-corrected chi connectivity index (χ4v) is 5.50. The van der Waals surface area contributed by atoms with Gasteiger partial charge in [-0.15, -0.1) is 0 Å². The van der Waals surface area contributed by atoms with Crippen LogP contribution >= 0.6 is 0 Å². The van der Waals surface area contributed by atoms with Crippen LogP contribution in [0.3, 0.4) is 0 Å². The summed E-state index contributed by atoms with van der Waals surface area (Å²) in [5.41, 5.74) is 0. The lowest BCUT2D eigenvalue weighted by atomic mass is 10.2. The van der Waals surface area contributed by atoms with Gasteiger partial charge in [0.15, 0.2) is 9.84 Å². The Balaban J connectivity index is 1.94. The fraction of sp³-hybridized carbons (Fsp3) is 0.571. The zero-order valence-corrected chi connectivity index (χ0v) is 15.6. The molecule has 1 fully saturated rings. The normalized spacial score (nSPS) is 22.7. The van der Waals surface area contributed by atoms with Crippen LogP contribution in [0.25, 0.3) is 0 Å². The maximum Gasteiger partial charge on any atom is 0.244 e. The van der Waals surface area contributed by atoms with E-state index in [1.54, 1.807) is 0 Å². The number of hydrogen-bond acceptors (Lipinski definition) is 8. The molecule has 1 saturated heterocycles. The second-order valence-corrected chi connectivity index (χ2v) is 9.51. The van der Waals surface area contributed by atoms with Crippen molar-refractivity contribution in [3.63, 3.8) is 0 Å². The number of nitrogens with one attached hydrogen (secondary N) is 2. The summed E-state index contributed by atoms with van der Waals surface area (Å²) in [4.78, 5) is -0.0284. The summed E-state index contributed by atoms with van der Waals surface area (Å²) in [6, 6.07) is 3.76. The monoisotopic (exact) mass is 394 g/mol. The van der Waals surface area contributed by atoms with Crippen LogP contribution in [0.5, 0.6) is 11.5 Å². The molecular weight excluding hydrogens is 372 g/mol. The van der Waals surface area contributed by atoms with Gasteiger partial charge in [-0.05, 0) is 12.1 Å². The van der Waals surface area contributed by atoms with E-state index in [-0.39, 0.29) is 35.2 Å². The molecule has 11 heteroatoms. The van der Waals surface area contributed by atoms with E-state index >= 15 is 0 Å². The Bertz CT molecular complexity index is 808. The molecule has 0 amide bonds. The van der Waals surface area contributed by atoms with E-state index in [1.165, 1.54) is 32.4 Å². The molecule has 1 aliphatic rings. The number of benzene rings is 1. The Kier molecular flexibility index (Phi) is 6.27. The highest BCUT2D eigenvalue weighted by Gasteiger charge is 2.35. The molecule has 1 aromatic rings. The van der Waals surface area contributed by atoms with E-state index in [9.17, 15) is 21.9 Å². The minimum absolute atomic E-state index is 0.0284. The van der Waals surface area contributed by atoms with Crippen molar-refractivity contribution in [1.29, 1.82) is 0 Å². The largest absolute Gasteiger partial charge is 0.497 e. The van der Waals surface area contributed by atoms with E-state index in [2.05, 4.69) is 10.0 Å². The summed E-state index contributed by atoms with van der Waals surface area (Å²) >= 11 is 0. The predicted molar refractivity (Wildman–Crippen MR) is 91.2 cm³/mol. The van der Waals surface area contributed by atoms with Gasteiger partial charge in [-0.2, -0.15) is 0 Å². The van der Waals surface area contributed by atoms with Gasteiger partial charge < -0.3 is 19.9 Å². The van der Waals surface area contributed by atoms with Gasteiger partial charge in [0.25, 0.3) is 0 Å². The molecule has 0 aromatic heterocycles. The molecule has 1 heterocycles. The lowest BCUT2D eigenvalue weighted by Crippen LogP contribution is -2.42. The van der Waals surface area contributed by atoms with Gasteiger partial charge in [-0.25, -0.2) is 21.6 Å². The average molecular weight is 394 g/mol. The number of sulfone groups is 1. The number of aliphatic hydroxyl groups is 1. The summed E-state index contributed by atoms with van der Waals surface area (Å²) < 4.78 is 60.1. The first kappa shape index (κ1) is 19.9. The smallest absolute Gasteiger partial charge is 0.244 e. The second-order valence-electron chi connectivity index (χ2n) is 5.62. The molecule has 3 N–H and O–H groups in total. The van der Waals surface area contributed by atoms with E-state index in [0.717, 1.165) is 0 Å². The van der Waals surface area contributed by atoms with E-state index < -0.39 is 32.0 Å². The second kappa shape index (κ2) is 7.87. The average Bonchev–Trinajstić information content (AvgIpc) is 2.82. The van der Waals surface area contributed by atoms with Crippen molar-refractivity contribution in [2.45, 2.75) is 17.0 Å². The van der Waals surface area contributed by atoms with Gasteiger partial charge in [0.2, 0.25) is 10.0 Å². The third-order valence-corrected chi connectivity index (χ3v) is 7.02. The zero-order valence-electron chi connectivity index (χ0n) is 13.9. The van der Waals surface area contributed by atoms with Crippen LogP contribution in [-0.4, -0.2) is 72.9 Å². The standard InChI is InChI=1S/C14H22N2O7S2/c1-22-10-3-4-14(13(7-10)23-2)25(20,21)16-6-5-15-11-8-24(18,19)9-12(11)17/h3-4,7,11-12,15-17H,5-6,8-9H2,1-2H3/t11-,12+/m0/s1. The number of rotatable bonds is 8. The topological polar surface area (TPSA) is 131 Å². The van der Waals surface area contributed by atoms with Crippen LogP contribution in [0.4, 0.5) is 0 Å². The van der Waals surface area contributed by atoms with Crippen LogP contribution in [0.1, 0.15) is 0 Å². The van der Waals surface area contributed by atoms with Crippen LogP contribution in [-0.2, 0) is 19.9 Å². The zero-order chi connectivity index (χ0) is 18.7. The lowest BCUT2D eigenvalue weighted by Gasteiger charge is -2.16. The summed E-state index contributed by atoms with van der Waals surface area (Å²) in [5.74, 6) is 0.179. The van der Waals surface area contributed by atoms with Crippen molar-refractivity contribution in [2.24, 2.45) is 0 Å². The van der Waals surface area contributed by atoms with Gasteiger partial charge in [0.1, 0.15) is 16.4 Å². The molecule has 0 radical (unpaired) electrons. The van der Waals surface area contributed by atoms with E-state index in [4.69, 9.17) is 9.47 Å². The highest BCUT2D eigenvalue weighted by atomic mass is 32.2. The molecule has 0 aliphatic carbocycles. The van der Waals surface area contributed by atoms with Crippen LogP contribution in [0, 0.1) is 0 Å². The third kappa shape index (κ3) is 5.05. The molecule has 0 spiro atoms. The molecule has 0 unspecified atom stereocenters. The molecule has 1 aromatic carbocycles. The summed E-state index contributed by atoms with van der Waals surface area (Å²) in [6.45, 7) is 0.204. The summed E-state index contributed by atoms with van der Waals surface area (Å²) in [6.07, 6.45) is -0.983. The van der Waals surface area contributed by atoms with Crippen molar-refractivity contribution in [3.8, 4) is 11.5 Å². The minimum Gasteiger partial charge on any atom is -0.497 e. The molecule has 1 aliphatic heterocycles. The van der Waals surface area contributed by atoms with Crippen molar-refractivity contribution >= 4 is 19.9 Å². The Morgan fingerprint density at radius 1 is 1.20 bits per heavy atom. The number of hydrogen-bond donors (Lipinski definition) is 3. The number of sulfonamides is 1. The van der Waals surface area contributed by atoms with Crippen molar-refractivity contribution in [1.82, 2.24) is 10.0 Å². The molecule has 0 bridgehead atoms. The third-order valence-electron chi connectivity index (χ3n) is 3.81. The van der Waals surface area contributed by atoms with Crippen molar-refractivity contribution < 1.29 is 31.4 Å². The first-order chi connectivity index (χ1) is 11.7. The number of methoxy groups -OCH3 is 2. The highest BCUT2D eigenvalue weighted by Crippen LogP contribution is 2.28. The first-order valence-corrected chi connectivity index (χ1v) is 10.8. The summed E-state index contributed by atoms with van der Waals surface area (Å²) in [7, 11) is -4.24. The minimum atomic E-state index is -3.81. The van der Waals surface area contributed by atoms with E-state index in [0.29, 0.717) is 5.75 Å². The Hall–Kier alpha value is -1.40. The molecule has 2 rings (SSSR count). The van der Waals surface area contributed by atoms with Gasteiger partial charge in [-0.3, -0.25) is 0 Å². The van der Waals surface area contributed by atoms with Crippen LogP contribution < -0.4 is 19.5 Å². The molecule has 0 saturated carbocycles. The van der Waals surface area contributed by atoms with Crippen LogP contribution in [0.2, 0.25) is 0 Å². The number of ether oxygens (including phenoxy) is 2. The predicted octanol–water partition coefficient (Wildman–Crippen LogP) is -1.27. The van der Waals surface area contributed by atoms with Crippen LogP contribution in [0.15, 0.2) is 23.1 Å². The Morgan fingerprint density at radius 3 is 2.48 bits per heavy atom. The molecule has 9 nitrogen and oxygen atoms in total. The van der Waals surface area contributed by atoms with Crippen molar-refractivity contribution in [2.75, 3.05) is 38.8 Å². The van der Waals surface area contributed by atoms with Gasteiger partial charge in [-0.1, -0.05) is 0 Å². The molecule has 142 valence electrons. The van der Waals surface area contributed by atoms with E-state index in [1.807, 2.05) is 0 Å². The lowest BCUT2D eigenvalue weighted by molar-refractivity contribution is 0.166.